The van der Waals surface area contributed by atoms with Crippen molar-refractivity contribution in [1.29, 1.82) is 0 Å². The Bertz CT molecular complexity index is 538. The molecular weight excluding hydrogens is 220 g/mol. The molecule has 0 saturated carbocycles. The van der Waals surface area contributed by atoms with Gasteiger partial charge >= 0.3 is 0 Å². The zero-order valence-corrected chi connectivity index (χ0v) is 8.69. The van der Waals surface area contributed by atoms with E-state index in [1.165, 1.54) is 19.2 Å². The molecule has 0 aliphatic carbocycles. The monoisotopic (exact) mass is 228 g/mol. The maximum Gasteiger partial charge on any atom is 0.275 e. The number of hydrogen-bond donors (Lipinski definition) is 0. The van der Waals surface area contributed by atoms with Crippen molar-refractivity contribution < 1.29 is 13.3 Å². The first-order chi connectivity index (χ1) is 6.93. The molecule has 0 bridgehead atoms. The van der Waals surface area contributed by atoms with E-state index >= 15 is 0 Å². The molecule has 0 amide bonds. The molecule has 0 spiro atoms. The number of nitrogens with zero attached hydrogens (tertiary/aromatic N) is 2. The van der Waals surface area contributed by atoms with E-state index in [1.54, 1.807) is 6.07 Å². The van der Waals surface area contributed by atoms with E-state index in [-0.39, 0.29) is 17.0 Å². The van der Waals surface area contributed by atoms with Crippen molar-refractivity contribution in [1.82, 2.24) is 0 Å². The molecule has 0 atom stereocenters. The normalized spacial score (nSPS) is 17.5. The van der Waals surface area contributed by atoms with Crippen LogP contribution in [0.15, 0.2) is 18.2 Å². The molecule has 0 saturated heterocycles. The third kappa shape index (κ3) is 1.35. The highest BCUT2D eigenvalue weighted by atomic mass is 32.2. The Hall–Kier alpha value is -1.63. The second-order valence-electron chi connectivity index (χ2n) is 3.26. The third-order valence-corrected chi connectivity index (χ3v) is 4.09. The number of rotatable bonds is 1. The van der Waals surface area contributed by atoms with Gasteiger partial charge in [-0.1, -0.05) is 6.07 Å². The highest BCUT2D eigenvalue weighted by molar-refractivity contribution is 7.92. The van der Waals surface area contributed by atoms with E-state index < -0.39 is 14.9 Å². The molecule has 0 N–H and O–H groups in total. The lowest BCUT2D eigenvalue weighted by atomic mass is 10.1. The Morgan fingerprint density at radius 1 is 1.47 bits per heavy atom. The van der Waals surface area contributed by atoms with Crippen LogP contribution in [0.1, 0.15) is 5.56 Å². The van der Waals surface area contributed by atoms with E-state index in [9.17, 15) is 18.5 Å². The lowest BCUT2D eigenvalue weighted by Crippen LogP contribution is -2.20. The van der Waals surface area contributed by atoms with Gasteiger partial charge in [0.1, 0.15) is 5.75 Å². The minimum atomic E-state index is -3.41. The summed E-state index contributed by atoms with van der Waals surface area (Å²) in [5.74, 6) is -0.296. The van der Waals surface area contributed by atoms with Crippen molar-refractivity contribution in [3.63, 3.8) is 0 Å². The SMILES string of the molecule is CN1c2cccc([N+](=O)[O-])c2CS1(=O)=O. The van der Waals surface area contributed by atoms with Gasteiger partial charge < -0.3 is 0 Å². The fraction of sp³-hybridized carbons (Fsp3) is 0.250. The molecule has 0 unspecified atom stereocenters. The van der Waals surface area contributed by atoms with Crippen molar-refractivity contribution >= 4 is 21.4 Å². The van der Waals surface area contributed by atoms with Crippen molar-refractivity contribution in [3.8, 4) is 0 Å². The highest BCUT2D eigenvalue weighted by Gasteiger charge is 2.35. The molecule has 1 aromatic carbocycles. The molecule has 1 heterocycles. The summed E-state index contributed by atoms with van der Waals surface area (Å²) < 4.78 is 24.1. The van der Waals surface area contributed by atoms with Crippen LogP contribution < -0.4 is 4.31 Å². The lowest BCUT2D eigenvalue weighted by Gasteiger charge is -2.09. The zero-order chi connectivity index (χ0) is 11.2. The van der Waals surface area contributed by atoms with Gasteiger partial charge in [0.15, 0.2) is 0 Å². The number of nitro benzene ring substituents is 1. The standard InChI is InChI=1S/C8H8N2O4S/c1-9-7-3-2-4-8(10(11)12)6(7)5-15(9,13)14/h2-4H,5H2,1H3. The average molecular weight is 228 g/mol. The van der Waals surface area contributed by atoms with Crippen LogP contribution in [0.4, 0.5) is 11.4 Å². The van der Waals surface area contributed by atoms with Gasteiger partial charge in [-0.3, -0.25) is 14.4 Å². The fourth-order valence-electron chi connectivity index (χ4n) is 1.61. The van der Waals surface area contributed by atoms with Crippen LogP contribution >= 0.6 is 0 Å². The Balaban J connectivity index is 2.69. The third-order valence-electron chi connectivity index (χ3n) is 2.41. The van der Waals surface area contributed by atoms with Crippen LogP contribution in [-0.4, -0.2) is 20.4 Å². The van der Waals surface area contributed by atoms with Crippen LogP contribution in [0.25, 0.3) is 0 Å². The summed E-state index contributed by atoms with van der Waals surface area (Å²) in [6.45, 7) is 0. The summed E-state index contributed by atoms with van der Waals surface area (Å²) in [6, 6.07) is 4.36. The van der Waals surface area contributed by atoms with E-state index in [0.29, 0.717) is 5.69 Å². The quantitative estimate of drug-likeness (QED) is 0.527. The minimum Gasteiger partial charge on any atom is -0.272 e. The van der Waals surface area contributed by atoms with E-state index in [1.807, 2.05) is 0 Å². The van der Waals surface area contributed by atoms with E-state index in [0.717, 1.165) is 4.31 Å². The first-order valence-electron chi connectivity index (χ1n) is 4.16. The Labute approximate surface area is 86.3 Å². The van der Waals surface area contributed by atoms with Crippen LogP contribution in [0, 0.1) is 10.1 Å². The van der Waals surface area contributed by atoms with Crippen molar-refractivity contribution in [2.75, 3.05) is 11.4 Å². The van der Waals surface area contributed by atoms with Crippen LogP contribution in [-0.2, 0) is 15.8 Å². The number of anilines is 1. The predicted molar refractivity (Wildman–Crippen MR) is 54.1 cm³/mol. The summed E-state index contributed by atoms with van der Waals surface area (Å²) in [6.07, 6.45) is 0. The average Bonchev–Trinajstić information content (AvgIpc) is 2.37. The number of sulfonamides is 1. The summed E-state index contributed by atoms with van der Waals surface area (Å²) >= 11 is 0. The first-order valence-corrected chi connectivity index (χ1v) is 5.77. The molecule has 1 aliphatic rings. The van der Waals surface area contributed by atoms with E-state index in [4.69, 9.17) is 0 Å². The van der Waals surface area contributed by atoms with Gasteiger partial charge in [0, 0.05) is 13.1 Å². The van der Waals surface area contributed by atoms with Crippen molar-refractivity contribution in [3.05, 3.63) is 33.9 Å². The number of fused-ring (bicyclic) bond motifs is 1. The van der Waals surface area contributed by atoms with Gasteiger partial charge in [0.25, 0.3) is 5.69 Å². The molecular formula is C8H8N2O4S. The number of benzene rings is 1. The molecule has 0 aromatic heterocycles. The smallest absolute Gasteiger partial charge is 0.272 e. The molecule has 2 rings (SSSR count). The maximum atomic E-state index is 11.5. The largest absolute Gasteiger partial charge is 0.275 e. The summed E-state index contributed by atoms with van der Waals surface area (Å²) in [5.41, 5.74) is 0.523. The highest BCUT2D eigenvalue weighted by Crippen LogP contribution is 2.37. The van der Waals surface area contributed by atoms with Gasteiger partial charge in [-0.2, -0.15) is 0 Å². The van der Waals surface area contributed by atoms with Gasteiger partial charge in [-0.05, 0) is 6.07 Å². The van der Waals surface area contributed by atoms with Gasteiger partial charge in [-0.15, -0.1) is 0 Å². The molecule has 6 nitrogen and oxygen atoms in total. The molecule has 15 heavy (non-hydrogen) atoms. The van der Waals surface area contributed by atoms with Gasteiger partial charge in [0.05, 0.1) is 16.2 Å². The lowest BCUT2D eigenvalue weighted by molar-refractivity contribution is -0.385. The van der Waals surface area contributed by atoms with Crippen LogP contribution in [0.3, 0.4) is 0 Å². The Kier molecular flexibility index (Phi) is 1.93. The van der Waals surface area contributed by atoms with Crippen LogP contribution in [0.2, 0.25) is 0 Å². The molecule has 0 fully saturated rings. The molecule has 1 aliphatic heterocycles. The molecule has 0 radical (unpaired) electrons. The van der Waals surface area contributed by atoms with Crippen molar-refractivity contribution in [2.24, 2.45) is 0 Å². The Morgan fingerprint density at radius 3 is 2.73 bits per heavy atom. The predicted octanol–water partition coefficient (Wildman–Crippen LogP) is 0.874. The van der Waals surface area contributed by atoms with Crippen LogP contribution in [0.5, 0.6) is 0 Å². The zero-order valence-electron chi connectivity index (χ0n) is 7.87. The summed E-state index contributed by atoms with van der Waals surface area (Å²) in [4.78, 5) is 10.1. The minimum absolute atomic E-state index is 0.138. The van der Waals surface area contributed by atoms with Gasteiger partial charge in [-0.25, -0.2) is 8.42 Å². The van der Waals surface area contributed by atoms with E-state index in [2.05, 4.69) is 0 Å². The maximum absolute atomic E-state index is 11.5. The Morgan fingerprint density at radius 2 is 2.13 bits per heavy atom. The molecule has 1 aromatic rings. The number of hydrogen-bond acceptors (Lipinski definition) is 4. The topological polar surface area (TPSA) is 80.5 Å². The van der Waals surface area contributed by atoms with Crippen molar-refractivity contribution in [2.45, 2.75) is 5.75 Å². The molecule has 80 valence electrons. The second-order valence-corrected chi connectivity index (χ2v) is 5.26. The fourth-order valence-corrected chi connectivity index (χ4v) is 2.93. The first kappa shape index (κ1) is 9.91. The summed E-state index contributed by atoms with van der Waals surface area (Å²) in [7, 11) is -2.02. The summed E-state index contributed by atoms with van der Waals surface area (Å²) in [5, 5.41) is 10.7. The number of nitro groups is 1. The molecule has 7 heteroatoms. The van der Waals surface area contributed by atoms with Gasteiger partial charge in [0.2, 0.25) is 10.0 Å². The second kappa shape index (κ2) is 2.93.